The molecule has 6 heteroatoms. The van der Waals surface area contributed by atoms with E-state index in [4.69, 9.17) is 0 Å². The van der Waals surface area contributed by atoms with Crippen LogP contribution >= 0.6 is 0 Å². The van der Waals surface area contributed by atoms with E-state index in [-0.39, 0.29) is 5.82 Å². The SMILES string of the molecule is CCCNCc1cnc(CC(F)(F)F)nc1. The Morgan fingerprint density at radius 2 is 1.88 bits per heavy atom. The van der Waals surface area contributed by atoms with E-state index < -0.39 is 12.6 Å². The average Bonchev–Trinajstić information content (AvgIpc) is 2.19. The van der Waals surface area contributed by atoms with Gasteiger partial charge in [-0.25, -0.2) is 9.97 Å². The Balaban J connectivity index is 2.48. The van der Waals surface area contributed by atoms with Crippen LogP contribution in [0.25, 0.3) is 0 Å². The molecule has 0 amide bonds. The second kappa shape index (κ2) is 5.79. The van der Waals surface area contributed by atoms with Crippen LogP contribution in [-0.4, -0.2) is 22.7 Å². The van der Waals surface area contributed by atoms with Gasteiger partial charge in [0.2, 0.25) is 0 Å². The summed E-state index contributed by atoms with van der Waals surface area (Å²) >= 11 is 0. The van der Waals surface area contributed by atoms with Gasteiger partial charge in [0.05, 0.1) is 0 Å². The zero-order valence-corrected chi connectivity index (χ0v) is 9.01. The van der Waals surface area contributed by atoms with Gasteiger partial charge in [0.1, 0.15) is 12.2 Å². The number of aromatic nitrogens is 2. The molecule has 1 aromatic rings. The van der Waals surface area contributed by atoms with E-state index in [1.54, 1.807) is 0 Å². The number of nitrogens with zero attached hydrogens (tertiary/aromatic N) is 2. The lowest BCUT2D eigenvalue weighted by molar-refractivity contribution is -0.128. The minimum absolute atomic E-state index is 0.188. The molecule has 0 radical (unpaired) electrons. The van der Waals surface area contributed by atoms with Crippen LogP contribution in [0.15, 0.2) is 12.4 Å². The Labute approximate surface area is 92.1 Å². The molecule has 0 atom stereocenters. The molecule has 3 nitrogen and oxygen atoms in total. The van der Waals surface area contributed by atoms with Crippen molar-refractivity contribution in [3.63, 3.8) is 0 Å². The van der Waals surface area contributed by atoms with E-state index in [0.29, 0.717) is 6.54 Å². The van der Waals surface area contributed by atoms with E-state index in [1.807, 2.05) is 6.92 Å². The number of rotatable bonds is 5. The third kappa shape index (κ3) is 5.06. The second-order valence-corrected chi connectivity index (χ2v) is 3.48. The highest BCUT2D eigenvalue weighted by Crippen LogP contribution is 2.18. The lowest BCUT2D eigenvalue weighted by Crippen LogP contribution is -2.16. The smallest absolute Gasteiger partial charge is 0.313 e. The van der Waals surface area contributed by atoms with Gasteiger partial charge in [0.25, 0.3) is 0 Å². The molecule has 90 valence electrons. The third-order valence-electron chi connectivity index (χ3n) is 1.87. The molecule has 1 N–H and O–H groups in total. The van der Waals surface area contributed by atoms with Gasteiger partial charge in [0.15, 0.2) is 0 Å². The molecule has 0 saturated carbocycles. The number of hydrogen-bond donors (Lipinski definition) is 1. The van der Waals surface area contributed by atoms with Crippen LogP contribution in [0.4, 0.5) is 13.2 Å². The Morgan fingerprint density at radius 3 is 2.38 bits per heavy atom. The molecular formula is C10H14F3N3. The number of halogens is 3. The standard InChI is InChI=1S/C10H14F3N3/c1-2-3-14-5-8-6-15-9(16-7-8)4-10(11,12)13/h6-7,14H,2-5H2,1H3. The summed E-state index contributed by atoms with van der Waals surface area (Å²) in [7, 11) is 0. The predicted molar refractivity (Wildman–Crippen MR) is 53.8 cm³/mol. The molecule has 16 heavy (non-hydrogen) atoms. The highest BCUT2D eigenvalue weighted by atomic mass is 19.4. The summed E-state index contributed by atoms with van der Waals surface area (Å²) in [6, 6.07) is 0. The first-order valence-corrected chi connectivity index (χ1v) is 5.08. The normalized spacial score (nSPS) is 11.8. The molecular weight excluding hydrogens is 219 g/mol. The summed E-state index contributed by atoms with van der Waals surface area (Å²) in [5.41, 5.74) is 0.791. The Kier molecular flexibility index (Phi) is 4.67. The summed E-state index contributed by atoms with van der Waals surface area (Å²) in [6.45, 7) is 3.49. The lowest BCUT2D eigenvalue weighted by atomic mass is 10.3. The maximum absolute atomic E-state index is 12.0. The van der Waals surface area contributed by atoms with E-state index in [2.05, 4.69) is 15.3 Å². The first-order valence-electron chi connectivity index (χ1n) is 5.08. The van der Waals surface area contributed by atoms with Crippen molar-refractivity contribution in [3.8, 4) is 0 Å². The molecule has 0 aromatic carbocycles. The van der Waals surface area contributed by atoms with Gasteiger partial charge < -0.3 is 5.32 Å². The van der Waals surface area contributed by atoms with Crippen LogP contribution in [0.5, 0.6) is 0 Å². The maximum Gasteiger partial charge on any atom is 0.396 e. The molecule has 0 aliphatic rings. The Hall–Kier alpha value is -1.17. The van der Waals surface area contributed by atoms with Gasteiger partial charge in [-0.05, 0) is 13.0 Å². The van der Waals surface area contributed by atoms with Crippen molar-refractivity contribution < 1.29 is 13.2 Å². The quantitative estimate of drug-likeness (QED) is 0.791. The third-order valence-corrected chi connectivity index (χ3v) is 1.87. The first kappa shape index (κ1) is 12.9. The van der Waals surface area contributed by atoms with Gasteiger partial charge >= 0.3 is 6.18 Å². The van der Waals surface area contributed by atoms with Crippen LogP contribution in [0.3, 0.4) is 0 Å². The molecule has 1 heterocycles. The zero-order valence-electron chi connectivity index (χ0n) is 9.01. The topological polar surface area (TPSA) is 37.8 Å². The molecule has 0 fully saturated rings. The molecule has 1 aromatic heterocycles. The summed E-state index contributed by atoms with van der Waals surface area (Å²) < 4.78 is 36.0. The maximum atomic E-state index is 12.0. The van der Waals surface area contributed by atoms with Crippen LogP contribution in [0.2, 0.25) is 0 Å². The van der Waals surface area contributed by atoms with Gasteiger partial charge in [-0.15, -0.1) is 0 Å². The first-order chi connectivity index (χ1) is 7.51. The predicted octanol–water partition coefficient (Wildman–Crippen LogP) is 2.08. The molecule has 0 bridgehead atoms. The number of nitrogens with one attached hydrogen (secondary N) is 1. The summed E-state index contributed by atoms with van der Waals surface area (Å²) in [4.78, 5) is 7.34. The molecule has 0 aliphatic heterocycles. The summed E-state index contributed by atoms with van der Waals surface area (Å²) in [5, 5.41) is 3.12. The molecule has 0 unspecified atom stereocenters. The Bertz CT molecular complexity index is 308. The monoisotopic (exact) mass is 233 g/mol. The van der Waals surface area contributed by atoms with Gasteiger partial charge in [-0.3, -0.25) is 0 Å². The molecule has 1 rings (SSSR count). The van der Waals surface area contributed by atoms with Crippen molar-refractivity contribution in [2.24, 2.45) is 0 Å². The molecule has 0 aliphatic carbocycles. The van der Waals surface area contributed by atoms with Crippen LogP contribution in [0, 0.1) is 0 Å². The molecule has 0 spiro atoms. The number of hydrogen-bond acceptors (Lipinski definition) is 3. The number of alkyl halides is 3. The minimum atomic E-state index is -4.25. The van der Waals surface area contributed by atoms with Gasteiger partial charge in [0, 0.05) is 24.5 Å². The highest BCUT2D eigenvalue weighted by molar-refractivity contribution is 5.05. The average molecular weight is 233 g/mol. The Morgan fingerprint density at radius 1 is 1.25 bits per heavy atom. The van der Waals surface area contributed by atoms with Crippen LogP contribution in [-0.2, 0) is 13.0 Å². The minimum Gasteiger partial charge on any atom is -0.313 e. The van der Waals surface area contributed by atoms with Crippen molar-refractivity contribution in [2.75, 3.05) is 6.54 Å². The van der Waals surface area contributed by atoms with Crippen molar-refractivity contribution in [2.45, 2.75) is 32.5 Å². The largest absolute Gasteiger partial charge is 0.396 e. The fourth-order valence-electron chi connectivity index (χ4n) is 1.15. The fourth-order valence-corrected chi connectivity index (χ4v) is 1.15. The highest BCUT2D eigenvalue weighted by Gasteiger charge is 2.29. The van der Waals surface area contributed by atoms with Gasteiger partial charge in [-0.1, -0.05) is 6.92 Å². The van der Waals surface area contributed by atoms with E-state index in [9.17, 15) is 13.2 Å². The molecule has 0 saturated heterocycles. The van der Waals surface area contributed by atoms with Crippen molar-refractivity contribution in [1.82, 2.24) is 15.3 Å². The second-order valence-electron chi connectivity index (χ2n) is 3.48. The van der Waals surface area contributed by atoms with Crippen LogP contribution < -0.4 is 5.32 Å². The lowest BCUT2D eigenvalue weighted by Gasteiger charge is -2.06. The van der Waals surface area contributed by atoms with Crippen LogP contribution in [0.1, 0.15) is 24.7 Å². The zero-order chi connectivity index (χ0) is 12.0. The fraction of sp³-hybridized carbons (Fsp3) is 0.600. The van der Waals surface area contributed by atoms with E-state index >= 15 is 0 Å². The summed E-state index contributed by atoms with van der Waals surface area (Å²) in [5.74, 6) is -0.188. The summed E-state index contributed by atoms with van der Waals surface area (Å²) in [6.07, 6.45) is -1.46. The van der Waals surface area contributed by atoms with E-state index in [0.717, 1.165) is 18.5 Å². The van der Waals surface area contributed by atoms with Crippen molar-refractivity contribution >= 4 is 0 Å². The van der Waals surface area contributed by atoms with Gasteiger partial charge in [-0.2, -0.15) is 13.2 Å². The van der Waals surface area contributed by atoms with Crippen molar-refractivity contribution in [3.05, 3.63) is 23.8 Å². The van der Waals surface area contributed by atoms with E-state index in [1.165, 1.54) is 12.4 Å². The van der Waals surface area contributed by atoms with Crippen molar-refractivity contribution in [1.29, 1.82) is 0 Å².